The predicted molar refractivity (Wildman–Crippen MR) is 111 cm³/mol. The molecule has 0 saturated carbocycles. The van der Waals surface area contributed by atoms with Crippen molar-refractivity contribution in [2.75, 3.05) is 13.1 Å². The predicted octanol–water partition coefficient (Wildman–Crippen LogP) is 5.36. The zero-order valence-corrected chi connectivity index (χ0v) is 17.4. The Balaban J connectivity index is 1.30. The first-order valence-corrected chi connectivity index (χ1v) is 10.3. The highest BCUT2D eigenvalue weighted by Crippen LogP contribution is 2.30. The number of furan rings is 1. The standard InChI is InChI=1S/C24H22F3NO4/c1-15-19-4-2-3-5-20(19)32-21(15)14-31-23(30)17-10-12-28(13-11-17)22(29)16-6-8-18(9-7-16)24(25,26)27/h2-9,17H,10-14H2,1H3. The van der Waals surface area contributed by atoms with Crippen LogP contribution in [0.1, 0.15) is 40.1 Å². The highest BCUT2D eigenvalue weighted by atomic mass is 19.4. The summed E-state index contributed by atoms with van der Waals surface area (Å²) in [5, 5.41) is 0.980. The highest BCUT2D eigenvalue weighted by molar-refractivity contribution is 5.94. The SMILES string of the molecule is Cc1c(COC(=O)C2CCN(C(=O)c3ccc(C(F)(F)F)cc3)CC2)oc2ccccc12. The van der Waals surface area contributed by atoms with Gasteiger partial charge in [0.1, 0.15) is 18.0 Å². The fraction of sp³-hybridized carbons (Fsp3) is 0.333. The minimum Gasteiger partial charge on any atom is -0.457 e. The Hall–Kier alpha value is -3.29. The molecule has 1 saturated heterocycles. The van der Waals surface area contributed by atoms with Gasteiger partial charge in [0.15, 0.2) is 0 Å². The van der Waals surface area contributed by atoms with Crippen LogP contribution in [0.3, 0.4) is 0 Å². The topological polar surface area (TPSA) is 59.8 Å². The number of fused-ring (bicyclic) bond motifs is 1. The lowest BCUT2D eigenvalue weighted by Gasteiger charge is -2.31. The largest absolute Gasteiger partial charge is 0.457 e. The van der Waals surface area contributed by atoms with Crippen molar-refractivity contribution in [3.05, 3.63) is 71.0 Å². The average Bonchev–Trinajstić information content (AvgIpc) is 3.12. The molecular formula is C24H22F3NO4. The Labute approximate surface area is 182 Å². The summed E-state index contributed by atoms with van der Waals surface area (Å²) in [7, 11) is 0. The lowest BCUT2D eigenvalue weighted by molar-refractivity contribution is -0.152. The molecule has 0 atom stereocenters. The quantitative estimate of drug-likeness (QED) is 0.508. The van der Waals surface area contributed by atoms with Gasteiger partial charge >= 0.3 is 12.1 Å². The van der Waals surface area contributed by atoms with Crippen molar-refractivity contribution in [1.29, 1.82) is 0 Å². The van der Waals surface area contributed by atoms with E-state index in [1.54, 1.807) is 4.90 Å². The first-order valence-electron chi connectivity index (χ1n) is 10.3. The number of ether oxygens (including phenoxy) is 1. The molecule has 168 valence electrons. The third-order valence-corrected chi connectivity index (χ3v) is 5.86. The van der Waals surface area contributed by atoms with Gasteiger partial charge in [-0.15, -0.1) is 0 Å². The minimum absolute atomic E-state index is 0.0457. The summed E-state index contributed by atoms with van der Waals surface area (Å²) in [6.07, 6.45) is -3.57. The Kier molecular flexibility index (Phi) is 5.95. The molecule has 0 bridgehead atoms. The molecule has 4 rings (SSSR count). The number of likely N-dealkylation sites (tertiary alicyclic amines) is 1. The number of hydrogen-bond donors (Lipinski definition) is 0. The summed E-state index contributed by atoms with van der Waals surface area (Å²) in [5.41, 5.74) is 1.08. The third-order valence-electron chi connectivity index (χ3n) is 5.86. The lowest BCUT2D eigenvalue weighted by Crippen LogP contribution is -2.40. The number of benzene rings is 2. The van der Waals surface area contributed by atoms with Crippen molar-refractivity contribution in [3.8, 4) is 0 Å². The summed E-state index contributed by atoms with van der Waals surface area (Å²) in [6, 6.07) is 11.8. The fourth-order valence-electron chi connectivity index (χ4n) is 3.92. The Morgan fingerprint density at radius 2 is 1.72 bits per heavy atom. The number of amides is 1. The van der Waals surface area contributed by atoms with Crippen molar-refractivity contribution in [2.45, 2.75) is 32.5 Å². The van der Waals surface area contributed by atoms with Gasteiger partial charge in [0, 0.05) is 29.6 Å². The maximum atomic E-state index is 12.7. The van der Waals surface area contributed by atoms with Crippen LogP contribution in [-0.4, -0.2) is 29.9 Å². The monoisotopic (exact) mass is 445 g/mol. The summed E-state index contributed by atoms with van der Waals surface area (Å²) in [4.78, 5) is 26.6. The summed E-state index contributed by atoms with van der Waals surface area (Å²) in [6.45, 7) is 2.64. The summed E-state index contributed by atoms with van der Waals surface area (Å²) >= 11 is 0. The van der Waals surface area contributed by atoms with Gasteiger partial charge in [0.25, 0.3) is 5.91 Å². The molecule has 32 heavy (non-hydrogen) atoms. The number of carbonyl (C=O) groups is 2. The van der Waals surface area contributed by atoms with Gasteiger partial charge in [-0.1, -0.05) is 18.2 Å². The summed E-state index contributed by atoms with van der Waals surface area (Å²) < 4.78 is 49.3. The Morgan fingerprint density at radius 3 is 2.34 bits per heavy atom. The van der Waals surface area contributed by atoms with Gasteiger partial charge < -0.3 is 14.1 Å². The van der Waals surface area contributed by atoms with E-state index >= 15 is 0 Å². The minimum atomic E-state index is -4.44. The van der Waals surface area contributed by atoms with E-state index in [1.807, 2.05) is 31.2 Å². The van der Waals surface area contributed by atoms with Gasteiger partial charge in [0.05, 0.1) is 11.5 Å². The van der Waals surface area contributed by atoms with Crippen LogP contribution in [0.2, 0.25) is 0 Å². The van der Waals surface area contributed by atoms with Crippen LogP contribution in [0.25, 0.3) is 11.0 Å². The van der Waals surface area contributed by atoms with E-state index in [4.69, 9.17) is 9.15 Å². The van der Waals surface area contributed by atoms with Crippen molar-refractivity contribution < 1.29 is 31.9 Å². The second kappa shape index (κ2) is 8.68. The number of aryl methyl sites for hydroxylation is 1. The third kappa shape index (κ3) is 4.49. The fourth-order valence-corrected chi connectivity index (χ4v) is 3.92. The van der Waals surface area contributed by atoms with Crippen LogP contribution in [0.5, 0.6) is 0 Å². The molecular weight excluding hydrogens is 423 g/mol. The van der Waals surface area contributed by atoms with Gasteiger partial charge in [-0.25, -0.2) is 0 Å². The van der Waals surface area contributed by atoms with E-state index in [1.165, 1.54) is 12.1 Å². The molecule has 1 aliphatic rings. The first-order chi connectivity index (χ1) is 15.2. The molecule has 0 radical (unpaired) electrons. The second-order valence-corrected chi connectivity index (χ2v) is 7.90. The van der Waals surface area contributed by atoms with Crippen LogP contribution in [-0.2, 0) is 22.3 Å². The zero-order valence-electron chi connectivity index (χ0n) is 17.4. The molecule has 1 aromatic heterocycles. The lowest BCUT2D eigenvalue weighted by atomic mass is 9.96. The van der Waals surface area contributed by atoms with E-state index in [0.29, 0.717) is 31.7 Å². The first kappa shape index (κ1) is 21.9. The molecule has 0 unspecified atom stereocenters. The van der Waals surface area contributed by atoms with Crippen molar-refractivity contribution in [3.63, 3.8) is 0 Å². The molecule has 1 amide bonds. The van der Waals surface area contributed by atoms with Crippen LogP contribution < -0.4 is 0 Å². The smallest absolute Gasteiger partial charge is 0.416 e. The molecule has 0 spiro atoms. The Morgan fingerprint density at radius 1 is 1.06 bits per heavy atom. The number of rotatable bonds is 4. The van der Waals surface area contributed by atoms with Gasteiger partial charge in [-0.3, -0.25) is 9.59 Å². The number of halogens is 3. The number of piperidine rings is 1. The van der Waals surface area contributed by atoms with Crippen LogP contribution in [0.4, 0.5) is 13.2 Å². The van der Waals surface area contributed by atoms with Crippen molar-refractivity contribution in [2.24, 2.45) is 5.92 Å². The molecule has 2 aromatic carbocycles. The Bertz CT molecular complexity index is 1130. The molecule has 8 heteroatoms. The van der Waals surface area contributed by atoms with Gasteiger partial charge in [-0.2, -0.15) is 13.2 Å². The molecule has 0 aliphatic carbocycles. The molecule has 1 aliphatic heterocycles. The van der Waals surface area contributed by atoms with E-state index in [-0.39, 0.29) is 30.0 Å². The van der Waals surface area contributed by atoms with Crippen LogP contribution >= 0.6 is 0 Å². The van der Waals surface area contributed by atoms with Crippen LogP contribution in [0.15, 0.2) is 52.9 Å². The van der Waals surface area contributed by atoms with E-state index in [9.17, 15) is 22.8 Å². The maximum Gasteiger partial charge on any atom is 0.416 e. The number of hydrogen-bond acceptors (Lipinski definition) is 4. The highest BCUT2D eigenvalue weighted by Gasteiger charge is 2.32. The normalized spacial score (nSPS) is 15.2. The van der Waals surface area contributed by atoms with Crippen molar-refractivity contribution >= 4 is 22.8 Å². The average molecular weight is 445 g/mol. The second-order valence-electron chi connectivity index (χ2n) is 7.90. The van der Waals surface area contributed by atoms with Gasteiger partial charge in [-0.05, 0) is 50.1 Å². The van der Waals surface area contributed by atoms with Gasteiger partial charge in [0.2, 0.25) is 0 Å². The number of para-hydroxylation sites is 1. The number of carbonyl (C=O) groups excluding carboxylic acids is 2. The maximum absolute atomic E-state index is 12.7. The molecule has 0 N–H and O–H groups in total. The van der Waals surface area contributed by atoms with E-state index < -0.39 is 11.7 Å². The molecule has 3 aromatic rings. The van der Waals surface area contributed by atoms with E-state index in [0.717, 1.165) is 28.7 Å². The molecule has 1 fully saturated rings. The number of esters is 1. The number of alkyl halides is 3. The van der Waals surface area contributed by atoms with Crippen molar-refractivity contribution in [1.82, 2.24) is 4.90 Å². The van der Waals surface area contributed by atoms with E-state index in [2.05, 4.69) is 0 Å². The summed E-state index contributed by atoms with van der Waals surface area (Å²) in [5.74, 6) is -0.416. The molecule has 2 heterocycles. The number of nitrogens with zero attached hydrogens (tertiary/aromatic N) is 1. The molecule has 5 nitrogen and oxygen atoms in total. The van der Waals surface area contributed by atoms with Crippen LogP contribution in [0, 0.1) is 12.8 Å². The zero-order chi connectivity index (χ0) is 22.9.